The number of esters is 1. The first-order chi connectivity index (χ1) is 6.05. The standard InChI is InChI=1S/C6H8N2O4S/c1-2-12-6(9)5-3-7-13(10,11)8-4-5/h3-4,7H,2H2,1H3. The topological polar surface area (TPSA) is 84.8 Å². The Bertz CT molecular complexity index is 368. The SMILES string of the molecule is CCOC(=O)C1=CNS(=O)(=O)N=C1. The summed E-state index contributed by atoms with van der Waals surface area (Å²) in [6.07, 6.45) is 1.99. The maximum Gasteiger partial charge on any atom is 0.341 e. The first-order valence-corrected chi connectivity index (χ1v) is 4.94. The van der Waals surface area contributed by atoms with Crippen LogP contribution in [0, 0.1) is 0 Å². The zero-order valence-corrected chi connectivity index (χ0v) is 7.67. The average Bonchev–Trinajstić information content (AvgIpc) is 2.04. The van der Waals surface area contributed by atoms with Crippen LogP contribution in [-0.4, -0.2) is 27.2 Å². The Kier molecular flexibility index (Phi) is 2.66. The van der Waals surface area contributed by atoms with Gasteiger partial charge in [0.25, 0.3) is 0 Å². The van der Waals surface area contributed by atoms with Crippen molar-refractivity contribution in [2.24, 2.45) is 4.40 Å². The fourth-order valence-corrected chi connectivity index (χ4v) is 1.25. The van der Waals surface area contributed by atoms with Crippen molar-refractivity contribution in [2.45, 2.75) is 6.92 Å². The molecule has 6 nitrogen and oxygen atoms in total. The molecule has 0 saturated carbocycles. The van der Waals surface area contributed by atoms with Crippen LogP contribution in [0.2, 0.25) is 0 Å². The van der Waals surface area contributed by atoms with E-state index < -0.39 is 16.2 Å². The highest BCUT2D eigenvalue weighted by Crippen LogP contribution is 2.01. The van der Waals surface area contributed by atoms with E-state index in [-0.39, 0.29) is 12.2 Å². The van der Waals surface area contributed by atoms with E-state index in [0.717, 1.165) is 12.4 Å². The number of carbonyl (C=O) groups is 1. The maximum absolute atomic E-state index is 11.0. The maximum atomic E-state index is 11.0. The summed E-state index contributed by atoms with van der Waals surface area (Å²) in [5.41, 5.74) is 0.0803. The van der Waals surface area contributed by atoms with Gasteiger partial charge in [-0.3, -0.25) is 4.72 Å². The summed E-state index contributed by atoms with van der Waals surface area (Å²) >= 11 is 0. The molecule has 0 unspecified atom stereocenters. The lowest BCUT2D eigenvalue weighted by Crippen LogP contribution is -2.23. The van der Waals surface area contributed by atoms with Gasteiger partial charge in [0.15, 0.2) is 0 Å². The van der Waals surface area contributed by atoms with Crippen molar-refractivity contribution >= 4 is 22.4 Å². The van der Waals surface area contributed by atoms with Crippen molar-refractivity contribution in [1.29, 1.82) is 0 Å². The van der Waals surface area contributed by atoms with E-state index in [1.165, 1.54) is 0 Å². The summed E-state index contributed by atoms with van der Waals surface area (Å²) < 4.78 is 31.0. The molecule has 0 aromatic rings. The van der Waals surface area contributed by atoms with Crippen LogP contribution in [-0.2, 0) is 19.7 Å². The molecule has 0 saturated heterocycles. The Morgan fingerprint density at radius 3 is 2.85 bits per heavy atom. The van der Waals surface area contributed by atoms with Gasteiger partial charge in [-0.25, -0.2) is 4.79 Å². The van der Waals surface area contributed by atoms with Gasteiger partial charge in [-0.15, -0.1) is 0 Å². The molecule has 0 atom stereocenters. The highest BCUT2D eigenvalue weighted by Gasteiger charge is 2.15. The van der Waals surface area contributed by atoms with E-state index >= 15 is 0 Å². The van der Waals surface area contributed by atoms with Crippen LogP contribution in [0.4, 0.5) is 0 Å². The van der Waals surface area contributed by atoms with Gasteiger partial charge >= 0.3 is 16.2 Å². The molecule has 0 bridgehead atoms. The third kappa shape index (κ3) is 2.55. The zero-order chi connectivity index (χ0) is 9.90. The first-order valence-electron chi connectivity index (χ1n) is 3.50. The normalized spacial score (nSPS) is 18.7. The molecule has 1 heterocycles. The second kappa shape index (κ2) is 3.56. The first kappa shape index (κ1) is 9.72. The van der Waals surface area contributed by atoms with E-state index in [2.05, 4.69) is 9.13 Å². The number of carbonyl (C=O) groups excluding carboxylic acids is 1. The van der Waals surface area contributed by atoms with Crippen LogP contribution in [0.3, 0.4) is 0 Å². The molecule has 1 N–H and O–H groups in total. The second-order valence-corrected chi connectivity index (χ2v) is 3.54. The summed E-state index contributed by atoms with van der Waals surface area (Å²) in [7, 11) is -3.63. The fourth-order valence-electron chi connectivity index (χ4n) is 0.658. The molecule has 0 aromatic heterocycles. The third-order valence-electron chi connectivity index (χ3n) is 1.21. The van der Waals surface area contributed by atoms with Gasteiger partial charge in [-0.05, 0) is 6.92 Å². The highest BCUT2D eigenvalue weighted by atomic mass is 32.2. The van der Waals surface area contributed by atoms with Crippen molar-refractivity contribution in [3.63, 3.8) is 0 Å². The van der Waals surface area contributed by atoms with Gasteiger partial charge in [0.05, 0.1) is 18.4 Å². The van der Waals surface area contributed by atoms with Gasteiger partial charge in [-0.2, -0.15) is 12.8 Å². The summed E-state index contributed by atoms with van der Waals surface area (Å²) in [5, 5.41) is 0. The van der Waals surface area contributed by atoms with E-state index in [1.54, 1.807) is 6.92 Å². The van der Waals surface area contributed by atoms with Crippen LogP contribution < -0.4 is 4.72 Å². The monoisotopic (exact) mass is 204 g/mol. The smallest absolute Gasteiger partial charge is 0.341 e. The molecule has 1 aliphatic rings. The lowest BCUT2D eigenvalue weighted by atomic mass is 10.3. The molecular weight excluding hydrogens is 196 g/mol. The predicted molar refractivity (Wildman–Crippen MR) is 45.3 cm³/mol. The van der Waals surface area contributed by atoms with Crippen LogP contribution >= 0.6 is 0 Å². The molecule has 0 amide bonds. The molecule has 0 spiro atoms. The average molecular weight is 204 g/mol. The second-order valence-electron chi connectivity index (χ2n) is 2.15. The largest absolute Gasteiger partial charge is 0.462 e. The minimum Gasteiger partial charge on any atom is -0.462 e. The zero-order valence-electron chi connectivity index (χ0n) is 6.85. The fraction of sp³-hybridized carbons (Fsp3) is 0.333. The van der Waals surface area contributed by atoms with Crippen molar-refractivity contribution in [3.05, 3.63) is 11.8 Å². The number of nitrogens with zero attached hydrogens (tertiary/aromatic N) is 1. The quantitative estimate of drug-likeness (QED) is 0.606. The van der Waals surface area contributed by atoms with Crippen molar-refractivity contribution < 1.29 is 17.9 Å². The highest BCUT2D eigenvalue weighted by molar-refractivity contribution is 7.88. The van der Waals surface area contributed by atoms with Gasteiger partial charge in [-0.1, -0.05) is 0 Å². The number of rotatable bonds is 2. The van der Waals surface area contributed by atoms with Crippen LogP contribution in [0.15, 0.2) is 16.2 Å². The molecule has 72 valence electrons. The summed E-state index contributed by atoms with van der Waals surface area (Å²) in [6, 6.07) is 0. The number of hydrogen-bond donors (Lipinski definition) is 1. The van der Waals surface area contributed by atoms with Crippen LogP contribution in [0.5, 0.6) is 0 Å². The molecule has 0 radical (unpaired) electrons. The van der Waals surface area contributed by atoms with E-state index in [0.29, 0.717) is 0 Å². The molecule has 1 rings (SSSR count). The van der Waals surface area contributed by atoms with Gasteiger partial charge in [0.1, 0.15) is 0 Å². The lowest BCUT2D eigenvalue weighted by molar-refractivity contribution is -0.137. The van der Waals surface area contributed by atoms with Gasteiger partial charge in [0, 0.05) is 6.20 Å². The van der Waals surface area contributed by atoms with Crippen molar-refractivity contribution in [2.75, 3.05) is 6.61 Å². The molecule has 1 aliphatic heterocycles. The molecule has 13 heavy (non-hydrogen) atoms. The Balaban J connectivity index is 2.73. The van der Waals surface area contributed by atoms with Gasteiger partial charge < -0.3 is 4.74 Å². The van der Waals surface area contributed by atoms with Crippen molar-refractivity contribution in [1.82, 2.24) is 4.72 Å². The Hall–Kier alpha value is -1.37. The van der Waals surface area contributed by atoms with E-state index in [9.17, 15) is 13.2 Å². The summed E-state index contributed by atoms with van der Waals surface area (Å²) in [4.78, 5) is 11.0. The summed E-state index contributed by atoms with van der Waals surface area (Å²) in [5.74, 6) is -0.603. The Morgan fingerprint density at radius 1 is 1.69 bits per heavy atom. The summed E-state index contributed by atoms with van der Waals surface area (Å²) in [6.45, 7) is 1.89. The van der Waals surface area contributed by atoms with Crippen molar-refractivity contribution in [3.8, 4) is 0 Å². The third-order valence-corrected chi connectivity index (χ3v) is 2.00. The lowest BCUT2D eigenvalue weighted by Gasteiger charge is -2.06. The Morgan fingerprint density at radius 2 is 2.38 bits per heavy atom. The van der Waals surface area contributed by atoms with E-state index in [4.69, 9.17) is 0 Å². The Labute approximate surface area is 75.5 Å². The molecule has 0 fully saturated rings. The number of nitrogens with one attached hydrogen (secondary N) is 1. The predicted octanol–water partition coefficient (Wildman–Crippen LogP) is -0.648. The minimum atomic E-state index is -3.63. The molecular formula is C6H8N2O4S. The number of ether oxygens (including phenoxy) is 1. The van der Waals surface area contributed by atoms with Gasteiger partial charge in [0.2, 0.25) is 0 Å². The van der Waals surface area contributed by atoms with E-state index in [1.807, 2.05) is 4.72 Å². The molecule has 7 heteroatoms. The van der Waals surface area contributed by atoms with Crippen LogP contribution in [0.1, 0.15) is 6.92 Å². The number of hydrogen-bond acceptors (Lipinski definition) is 4. The molecule has 0 aromatic carbocycles. The molecule has 0 aliphatic carbocycles. The van der Waals surface area contributed by atoms with Crippen LogP contribution in [0.25, 0.3) is 0 Å². The minimum absolute atomic E-state index is 0.0803.